The number of allylic oxidation sites excluding steroid dienone is 1. The Kier molecular flexibility index (Phi) is 8.27. The van der Waals surface area contributed by atoms with Crippen LogP contribution >= 0.6 is 22.9 Å². The van der Waals surface area contributed by atoms with E-state index in [0.29, 0.717) is 34.9 Å². The minimum absolute atomic E-state index is 0.108. The van der Waals surface area contributed by atoms with Crippen LogP contribution in [0.15, 0.2) is 46.0 Å². The third-order valence-electron chi connectivity index (χ3n) is 7.55. The Morgan fingerprint density at radius 3 is 2.60 bits per heavy atom. The smallest absolute Gasteiger partial charge is 0.338 e. The van der Waals surface area contributed by atoms with Gasteiger partial charge in [0.1, 0.15) is 11.9 Å². The molecule has 10 nitrogen and oxygen atoms in total. The van der Waals surface area contributed by atoms with Crippen molar-refractivity contribution in [2.45, 2.75) is 43.9 Å². The highest BCUT2D eigenvalue weighted by atomic mass is 35.5. The van der Waals surface area contributed by atoms with Gasteiger partial charge in [0.25, 0.3) is 0 Å². The molecule has 1 atom stereocenters. The second-order valence-corrected chi connectivity index (χ2v) is 13.4. The Morgan fingerprint density at radius 2 is 2.00 bits per heavy atom. The third-order valence-corrected chi connectivity index (χ3v) is 11.0. The van der Waals surface area contributed by atoms with Gasteiger partial charge in [0, 0.05) is 46.9 Å². The largest absolute Gasteiger partial charge is 0.481 e. The summed E-state index contributed by atoms with van der Waals surface area (Å²) in [6, 6.07) is 3.01. The van der Waals surface area contributed by atoms with Gasteiger partial charge in [-0.15, -0.1) is 11.3 Å². The number of rotatable bonds is 8. The highest BCUT2D eigenvalue weighted by molar-refractivity contribution is 7.89. The van der Waals surface area contributed by atoms with E-state index in [-0.39, 0.29) is 49.1 Å². The number of carboxylic acids is 1. The van der Waals surface area contributed by atoms with Gasteiger partial charge in [-0.05, 0) is 44.7 Å². The van der Waals surface area contributed by atoms with Gasteiger partial charge >= 0.3 is 11.9 Å². The van der Waals surface area contributed by atoms with Crippen molar-refractivity contribution in [1.82, 2.24) is 14.6 Å². The number of esters is 1. The van der Waals surface area contributed by atoms with Crippen molar-refractivity contribution >= 4 is 50.7 Å². The molecule has 2 fully saturated rings. The van der Waals surface area contributed by atoms with Gasteiger partial charge < -0.3 is 15.2 Å². The number of thiazole rings is 1. The molecular weight excluding hydrogens is 583 g/mol. The van der Waals surface area contributed by atoms with E-state index in [4.69, 9.17) is 26.4 Å². The van der Waals surface area contributed by atoms with Crippen LogP contribution in [0.5, 0.6) is 0 Å². The number of aliphatic imine (C=N–C) groups is 1. The molecule has 14 heteroatoms. The van der Waals surface area contributed by atoms with Crippen LogP contribution in [-0.2, 0) is 24.3 Å². The molecule has 2 aliphatic heterocycles. The molecular formula is C26H28ClFN4O6S2. The number of carbonyl (C=O) groups is 2. The van der Waals surface area contributed by atoms with E-state index in [1.54, 1.807) is 18.5 Å². The number of carbonyl (C=O) groups excluding carboxylic acids is 1. The van der Waals surface area contributed by atoms with Gasteiger partial charge in [-0.1, -0.05) is 17.7 Å². The second kappa shape index (κ2) is 11.6. The number of aromatic nitrogens is 1. The maximum atomic E-state index is 13.9. The van der Waals surface area contributed by atoms with Crippen molar-refractivity contribution in [3.05, 3.63) is 62.5 Å². The summed E-state index contributed by atoms with van der Waals surface area (Å²) in [5.41, 5.74) is 1.22. The highest BCUT2D eigenvalue weighted by Crippen LogP contribution is 2.41. The summed E-state index contributed by atoms with van der Waals surface area (Å²) in [6.45, 7) is 2.25. The van der Waals surface area contributed by atoms with Crippen molar-refractivity contribution in [2.24, 2.45) is 16.8 Å². The number of piperidine rings is 1. The summed E-state index contributed by atoms with van der Waals surface area (Å²) in [7, 11) is -3.64. The zero-order valence-corrected chi connectivity index (χ0v) is 23.9. The maximum Gasteiger partial charge on any atom is 0.338 e. The van der Waals surface area contributed by atoms with E-state index in [1.165, 1.54) is 33.8 Å². The summed E-state index contributed by atoms with van der Waals surface area (Å²) >= 11 is 7.79. The SMILES string of the molecule is CCOC(=O)C1=C(C2CCN(S(=O)(=O)C3CC(C(=O)O)C3)CC2)NC(c2nccs2)=NC1c1ccc(F)cc1Cl. The predicted octanol–water partition coefficient (Wildman–Crippen LogP) is 3.75. The molecule has 5 rings (SSSR count). The summed E-state index contributed by atoms with van der Waals surface area (Å²) < 4.78 is 47.0. The van der Waals surface area contributed by atoms with Gasteiger partial charge in [-0.2, -0.15) is 0 Å². The maximum absolute atomic E-state index is 13.9. The van der Waals surface area contributed by atoms with Crippen molar-refractivity contribution in [3.63, 3.8) is 0 Å². The number of halogens is 2. The predicted molar refractivity (Wildman–Crippen MR) is 147 cm³/mol. The Labute approximate surface area is 240 Å². The van der Waals surface area contributed by atoms with E-state index < -0.39 is 45.0 Å². The first-order chi connectivity index (χ1) is 19.1. The molecule has 0 bridgehead atoms. The van der Waals surface area contributed by atoms with E-state index in [9.17, 15) is 22.4 Å². The fraction of sp³-hybridized carbons (Fsp3) is 0.462. The van der Waals surface area contributed by atoms with Gasteiger partial charge in [0.2, 0.25) is 10.0 Å². The number of nitrogens with zero attached hydrogens (tertiary/aromatic N) is 3. The van der Waals surface area contributed by atoms with Gasteiger partial charge in [-0.3, -0.25) is 9.79 Å². The number of benzene rings is 1. The summed E-state index contributed by atoms with van der Waals surface area (Å²) in [5.74, 6) is -2.54. The topological polar surface area (TPSA) is 138 Å². The molecule has 1 aliphatic carbocycles. The minimum Gasteiger partial charge on any atom is -0.481 e. The minimum atomic E-state index is -3.64. The molecule has 0 spiro atoms. The number of nitrogens with one attached hydrogen (secondary N) is 1. The average molecular weight is 611 g/mol. The van der Waals surface area contributed by atoms with Crippen LogP contribution in [0, 0.1) is 17.7 Å². The van der Waals surface area contributed by atoms with Crippen LogP contribution in [0.1, 0.15) is 49.2 Å². The lowest BCUT2D eigenvalue weighted by Crippen LogP contribution is -2.50. The average Bonchev–Trinajstić information content (AvgIpc) is 3.42. The number of hydrogen-bond donors (Lipinski definition) is 2. The Bertz CT molecular complexity index is 1470. The lowest BCUT2D eigenvalue weighted by molar-refractivity contribution is -0.144. The van der Waals surface area contributed by atoms with E-state index in [1.807, 2.05) is 0 Å². The molecule has 1 saturated heterocycles. The van der Waals surface area contributed by atoms with Crippen LogP contribution in [0.4, 0.5) is 4.39 Å². The third kappa shape index (κ3) is 5.52. The number of carboxylic acid groups (broad SMARTS) is 1. The molecule has 1 saturated carbocycles. The number of aliphatic carboxylic acids is 1. The molecule has 214 valence electrons. The van der Waals surface area contributed by atoms with Crippen molar-refractivity contribution < 1.29 is 32.2 Å². The first-order valence-electron chi connectivity index (χ1n) is 12.9. The fourth-order valence-electron chi connectivity index (χ4n) is 5.34. The number of ether oxygens (including phenoxy) is 1. The first kappa shape index (κ1) is 28.7. The van der Waals surface area contributed by atoms with E-state index in [0.717, 1.165) is 0 Å². The Hall–Kier alpha value is -2.87. The monoisotopic (exact) mass is 610 g/mol. The molecule has 1 unspecified atom stereocenters. The normalized spacial score (nSPS) is 24.2. The van der Waals surface area contributed by atoms with Gasteiger partial charge in [-0.25, -0.2) is 26.9 Å². The Morgan fingerprint density at radius 1 is 1.27 bits per heavy atom. The molecule has 3 aliphatic rings. The van der Waals surface area contributed by atoms with Crippen LogP contribution in [0.25, 0.3) is 0 Å². The molecule has 2 aromatic rings. The number of sulfonamides is 1. The lowest BCUT2D eigenvalue weighted by Gasteiger charge is -2.40. The van der Waals surface area contributed by atoms with E-state index in [2.05, 4.69) is 10.3 Å². The number of amidine groups is 1. The quantitative estimate of drug-likeness (QED) is 0.431. The zero-order valence-electron chi connectivity index (χ0n) is 21.5. The van der Waals surface area contributed by atoms with Crippen molar-refractivity contribution in [3.8, 4) is 0 Å². The molecule has 2 N–H and O–H groups in total. The van der Waals surface area contributed by atoms with Crippen molar-refractivity contribution in [1.29, 1.82) is 0 Å². The first-order valence-corrected chi connectivity index (χ1v) is 15.7. The van der Waals surface area contributed by atoms with Crippen LogP contribution < -0.4 is 5.32 Å². The summed E-state index contributed by atoms with van der Waals surface area (Å²) in [6.07, 6.45) is 2.69. The lowest BCUT2D eigenvalue weighted by atomic mass is 9.85. The van der Waals surface area contributed by atoms with Gasteiger partial charge in [0.15, 0.2) is 10.8 Å². The molecule has 1 aromatic heterocycles. The molecule has 40 heavy (non-hydrogen) atoms. The van der Waals surface area contributed by atoms with Crippen LogP contribution in [-0.4, -0.2) is 65.5 Å². The molecule has 0 amide bonds. The molecule has 1 aromatic carbocycles. The molecule has 0 radical (unpaired) electrons. The molecule has 3 heterocycles. The summed E-state index contributed by atoms with van der Waals surface area (Å²) in [4.78, 5) is 33.7. The van der Waals surface area contributed by atoms with E-state index >= 15 is 0 Å². The Balaban J connectivity index is 1.47. The fourth-order valence-corrected chi connectivity index (χ4v) is 8.29. The van der Waals surface area contributed by atoms with Crippen molar-refractivity contribution in [2.75, 3.05) is 19.7 Å². The zero-order chi connectivity index (χ0) is 28.6. The summed E-state index contributed by atoms with van der Waals surface area (Å²) in [5, 5.41) is 14.2. The highest BCUT2D eigenvalue weighted by Gasteiger charge is 2.46. The van der Waals surface area contributed by atoms with Crippen LogP contribution in [0.2, 0.25) is 5.02 Å². The standard InChI is InChI=1S/C26H28ClFN4O6S2/c1-2-38-26(35)20-21(14-5-8-32(9-6-14)40(36,37)17-11-15(12-17)25(33)34)30-23(24-29-7-10-39-24)31-22(20)18-4-3-16(28)13-19(18)27/h3-4,7,10,13-15,17,22H,2,5-6,8-9,11-12H2,1H3,(H,30,31)(H,33,34). The van der Waals surface area contributed by atoms with Crippen LogP contribution in [0.3, 0.4) is 0 Å². The van der Waals surface area contributed by atoms with Gasteiger partial charge in [0.05, 0.1) is 23.3 Å². The second-order valence-electron chi connectivity index (χ2n) is 9.90. The number of hydrogen-bond acceptors (Lipinski definition) is 9.